The molecule has 4 rings (SSSR count). The molecule has 0 amide bonds. The van der Waals surface area contributed by atoms with Crippen LogP contribution in [0, 0.1) is 0 Å². The number of rotatable bonds is 5. The van der Waals surface area contributed by atoms with Crippen LogP contribution in [-0.4, -0.2) is 46.3 Å². The van der Waals surface area contributed by atoms with Crippen molar-refractivity contribution in [2.45, 2.75) is 6.54 Å². The molecule has 1 saturated heterocycles. The summed E-state index contributed by atoms with van der Waals surface area (Å²) < 4.78 is 0. The number of hydrogen-bond acceptors (Lipinski definition) is 7. The van der Waals surface area contributed by atoms with Crippen molar-refractivity contribution < 1.29 is 0 Å². The van der Waals surface area contributed by atoms with Gasteiger partial charge in [0.2, 0.25) is 5.95 Å². The summed E-state index contributed by atoms with van der Waals surface area (Å²) >= 11 is 0. The van der Waals surface area contributed by atoms with Crippen molar-refractivity contribution in [3.63, 3.8) is 0 Å². The Balaban J connectivity index is 1.36. The molecule has 1 fully saturated rings. The van der Waals surface area contributed by atoms with E-state index in [1.807, 2.05) is 24.3 Å². The second kappa shape index (κ2) is 7.77. The fraction of sp³-hybridized carbons (Fsp3) is 0.263. The first-order valence-corrected chi connectivity index (χ1v) is 8.77. The zero-order chi connectivity index (χ0) is 17.6. The zero-order valence-corrected chi connectivity index (χ0v) is 14.5. The molecular weight excluding hydrogens is 326 g/mol. The van der Waals surface area contributed by atoms with Crippen molar-refractivity contribution in [1.82, 2.24) is 20.2 Å². The number of anilines is 3. The van der Waals surface area contributed by atoms with Gasteiger partial charge in [0, 0.05) is 38.1 Å². The Bertz CT molecular complexity index is 818. The van der Waals surface area contributed by atoms with E-state index in [0.29, 0.717) is 18.3 Å². The van der Waals surface area contributed by atoms with Gasteiger partial charge in [-0.05, 0) is 24.3 Å². The summed E-state index contributed by atoms with van der Waals surface area (Å²) in [7, 11) is 0. The lowest BCUT2D eigenvalue weighted by molar-refractivity contribution is 0.635. The molecule has 0 unspecified atom stereocenters. The highest BCUT2D eigenvalue weighted by molar-refractivity contribution is 5.48. The van der Waals surface area contributed by atoms with Gasteiger partial charge in [0.1, 0.15) is 0 Å². The van der Waals surface area contributed by atoms with Gasteiger partial charge in [0.05, 0.1) is 18.4 Å². The minimum Gasteiger partial charge on any atom is -0.368 e. The molecule has 1 aliphatic heterocycles. The molecular formula is C19H21N7. The summed E-state index contributed by atoms with van der Waals surface area (Å²) in [5.41, 5.74) is 2.22. The molecule has 0 saturated carbocycles. The Kier molecular flexibility index (Phi) is 4.86. The van der Waals surface area contributed by atoms with Gasteiger partial charge in [-0.1, -0.05) is 24.3 Å². The van der Waals surface area contributed by atoms with Gasteiger partial charge >= 0.3 is 0 Å². The number of nitrogens with zero attached hydrogens (tertiary/aromatic N) is 6. The van der Waals surface area contributed by atoms with Gasteiger partial charge in [0.15, 0.2) is 5.82 Å². The molecule has 1 aromatic carbocycles. The largest absolute Gasteiger partial charge is 0.368 e. The molecule has 1 N–H and O–H groups in total. The highest BCUT2D eigenvalue weighted by Crippen LogP contribution is 2.18. The highest BCUT2D eigenvalue weighted by atomic mass is 15.4. The smallest absolute Gasteiger partial charge is 0.247 e. The fourth-order valence-corrected chi connectivity index (χ4v) is 3.00. The average molecular weight is 347 g/mol. The van der Waals surface area contributed by atoms with E-state index < -0.39 is 0 Å². The molecule has 7 nitrogen and oxygen atoms in total. The van der Waals surface area contributed by atoms with E-state index in [-0.39, 0.29) is 0 Å². The molecule has 0 bridgehead atoms. The third kappa shape index (κ3) is 3.88. The Hall–Kier alpha value is -3.22. The van der Waals surface area contributed by atoms with E-state index >= 15 is 0 Å². The number of benzene rings is 1. The molecule has 2 aromatic heterocycles. The number of para-hydroxylation sites is 1. The topological polar surface area (TPSA) is 70.1 Å². The quantitative estimate of drug-likeness (QED) is 0.759. The lowest BCUT2D eigenvalue weighted by Gasteiger charge is -2.35. The van der Waals surface area contributed by atoms with Crippen molar-refractivity contribution in [3.8, 4) is 0 Å². The van der Waals surface area contributed by atoms with Gasteiger partial charge < -0.3 is 15.1 Å². The van der Waals surface area contributed by atoms with E-state index in [1.54, 1.807) is 12.4 Å². The normalized spacial score (nSPS) is 14.3. The molecule has 1 aliphatic rings. The molecule has 0 aliphatic carbocycles. The van der Waals surface area contributed by atoms with Crippen molar-refractivity contribution in [1.29, 1.82) is 0 Å². The van der Waals surface area contributed by atoms with Crippen LogP contribution in [-0.2, 0) is 6.54 Å². The molecule has 132 valence electrons. The van der Waals surface area contributed by atoms with Gasteiger partial charge in [-0.3, -0.25) is 4.98 Å². The Morgan fingerprint density at radius 3 is 2.42 bits per heavy atom. The van der Waals surface area contributed by atoms with Crippen LogP contribution in [0.2, 0.25) is 0 Å². The van der Waals surface area contributed by atoms with Crippen LogP contribution in [0.1, 0.15) is 5.69 Å². The average Bonchev–Trinajstić information content (AvgIpc) is 2.74. The van der Waals surface area contributed by atoms with Crippen molar-refractivity contribution >= 4 is 17.5 Å². The third-order valence-corrected chi connectivity index (χ3v) is 4.41. The summed E-state index contributed by atoms with van der Waals surface area (Å²) in [6.07, 6.45) is 3.43. The summed E-state index contributed by atoms with van der Waals surface area (Å²) in [6, 6.07) is 16.3. The number of pyridine rings is 1. The summed E-state index contributed by atoms with van der Waals surface area (Å²) in [5, 5.41) is 11.6. The first-order chi connectivity index (χ1) is 12.9. The number of piperazine rings is 1. The predicted octanol–water partition coefficient (Wildman–Crippen LogP) is 2.21. The van der Waals surface area contributed by atoms with Crippen molar-refractivity contribution in [2.75, 3.05) is 41.3 Å². The van der Waals surface area contributed by atoms with Gasteiger partial charge in [-0.2, -0.15) is 10.1 Å². The second-order valence-corrected chi connectivity index (χ2v) is 6.13. The SMILES string of the molecule is c1ccc(N2CCN(c3nncc(NCc4ccccn4)n3)CC2)cc1. The maximum atomic E-state index is 4.60. The zero-order valence-electron chi connectivity index (χ0n) is 14.5. The molecule has 3 heterocycles. The molecule has 26 heavy (non-hydrogen) atoms. The molecule has 0 spiro atoms. The first-order valence-electron chi connectivity index (χ1n) is 8.77. The number of nitrogens with one attached hydrogen (secondary N) is 1. The van der Waals surface area contributed by atoms with Gasteiger partial charge in [0.25, 0.3) is 0 Å². The monoisotopic (exact) mass is 347 g/mol. The Morgan fingerprint density at radius 2 is 1.65 bits per heavy atom. The maximum Gasteiger partial charge on any atom is 0.247 e. The van der Waals surface area contributed by atoms with Gasteiger partial charge in [-0.25, -0.2) is 0 Å². The molecule has 3 aromatic rings. The Morgan fingerprint density at radius 1 is 0.885 bits per heavy atom. The van der Waals surface area contributed by atoms with Crippen LogP contribution >= 0.6 is 0 Å². The van der Waals surface area contributed by atoms with E-state index in [2.05, 4.69) is 59.5 Å². The van der Waals surface area contributed by atoms with Crippen LogP contribution in [0.15, 0.2) is 60.9 Å². The van der Waals surface area contributed by atoms with Crippen LogP contribution in [0.5, 0.6) is 0 Å². The predicted molar refractivity (Wildman–Crippen MR) is 102 cm³/mol. The van der Waals surface area contributed by atoms with Crippen LogP contribution in [0.4, 0.5) is 17.5 Å². The van der Waals surface area contributed by atoms with Crippen LogP contribution < -0.4 is 15.1 Å². The fourth-order valence-electron chi connectivity index (χ4n) is 3.00. The Labute approximate surface area is 152 Å². The maximum absolute atomic E-state index is 4.60. The first kappa shape index (κ1) is 16.3. The van der Waals surface area contributed by atoms with E-state index in [0.717, 1.165) is 31.9 Å². The lowest BCUT2D eigenvalue weighted by Crippen LogP contribution is -2.47. The second-order valence-electron chi connectivity index (χ2n) is 6.13. The highest BCUT2D eigenvalue weighted by Gasteiger charge is 2.19. The lowest BCUT2D eigenvalue weighted by atomic mass is 10.2. The number of aromatic nitrogens is 4. The van der Waals surface area contributed by atoms with Crippen molar-refractivity contribution in [3.05, 3.63) is 66.6 Å². The third-order valence-electron chi connectivity index (χ3n) is 4.41. The van der Waals surface area contributed by atoms with Crippen LogP contribution in [0.25, 0.3) is 0 Å². The molecule has 0 radical (unpaired) electrons. The number of hydrogen-bond donors (Lipinski definition) is 1. The van der Waals surface area contributed by atoms with Gasteiger partial charge in [-0.15, -0.1) is 5.10 Å². The minimum absolute atomic E-state index is 0.612. The standard InChI is InChI=1S/C19H21N7/c1-2-7-17(8-3-1)25-10-12-26(13-11-25)19-23-18(15-22-24-19)21-14-16-6-4-5-9-20-16/h1-9,15H,10-14H2,(H,21,23,24). The van der Waals surface area contributed by atoms with E-state index in [1.165, 1.54) is 5.69 Å². The van der Waals surface area contributed by atoms with Crippen LogP contribution in [0.3, 0.4) is 0 Å². The van der Waals surface area contributed by atoms with E-state index in [9.17, 15) is 0 Å². The summed E-state index contributed by atoms with van der Waals surface area (Å²) in [6.45, 7) is 4.25. The summed E-state index contributed by atoms with van der Waals surface area (Å²) in [5.74, 6) is 1.38. The van der Waals surface area contributed by atoms with Crippen molar-refractivity contribution in [2.24, 2.45) is 0 Å². The molecule has 7 heteroatoms. The van der Waals surface area contributed by atoms with E-state index in [4.69, 9.17) is 0 Å². The summed E-state index contributed by atoms with van der Waals surface area (Å²) in [4.78, 5) is 13.5. The minimum atomic E-state index is 0.612. The molecule has 0 atom stereocenters.